The first-order chi connectivity index (χ1) is 7.68. The van der Waals surface area contributed by atoms with E-state index in [9.17, 15) is 4.79 Å². The van der Waals surface area contributed by atoms with Crippen LogP contribution in [0.2, 0.25) is 0 Å². The molecule has 0 aromatic rings. The van der Waals surface area contributed by atoms with Crippen LogP contribution in [0.3, 0.4) is 0 Å². The van der Waals surface area contributed by atoms with Crippen molar-refractivity contribution in [3.05, 3.63) is 0 Å². The lowest BCUT2D eigenvalue weighted by molar-refractivity contribution is -0.136. The second kappa shape index (κ2) is 5.17. The number of carbonyl (C=O) groups excluding carboxylic acids is 1. The summed E-state index contributed by atoms with van der Waals surface area (Å²) in [7, 11) is 0. The number of hydrogen-bond acceptors (Lipinski definition) is 2. The van der Waals surface area contributed by atoms with E-state index < -0.39 is 0 Å². The van der Waals surface area contributed by atoms with E-state index in [2.05, 4.69) is 11.8 Å². The molecule has 2 N–H and O–H groups in total. The van der Waals surface area contributed by atoms with E-state index in [0.29, 0.717) is 17.7 Å². The van der Waals surface area contributed by atoms with Crippen molar-refractivity contribution in [1.82, 2.24) is 4.90 Å². The van der Waals surface area contributed by atoms with Gasteiger partial charge in [0.15, 0.2) is 0 Å². The van der Waals surface area contributed by atoms with Crippen LogP contribution in [0.15, 0.2) is 0 Å². The number of piperidine rings is 1. The zero-order valence-electron chi connectivity index (χ0n) is 10.3. The number of nitrogens with zero attached hydrogens (tertiary/aromatic N) is 1. The number of nitrogens with two attached hydrogens (primary N) is 1. The summed E-state index contributed by atoms with van der Waals surface area (Å²) >= 11 is 0. The van der Waals surface area contributed by atoms with Gasteiger partial charge in [-0.2, -0.15) is 0 Å². The van der Waals surface area contributed by atoms with E-state index >= 15 is 0 Å². The summed E-state index contributed by atoms with van der Waals surface area (Å²) in [4.78, 5) is 14.2. The molecule has 1 saturated carbocycles. The van der Waals surface area contributed by atoms with Crippen LogP contribution in [-0.4, -0.2) is 29.9 Å². The minimum atomic E-state index is 0.281. The molecule has 1 saturated heterocycles. The minimum Gasteiger partial charge on any atom is -0.342 e. The predicted molar refractivity (Wildman–Crippen MR) is 64.9 cm³/mol. The highest BCUT2D eigenvalue weighted by Crippen LogP contribution is 2.28. The van der Waals surface area contributed by atoms with Crippen molar-refractivity contribution in [2.24, 2.45) is 17.6 Å². The highest BCUT2D eigenvalue weighted by molar-refractivity contribution is 5.79. The molecule has 0 radical (unpaired) electrons. The maximum Gasteiger partial charge on any atom is 0.225 e. The van der Waals surface area contributed by atoms with Crippen LogP contribution in [0.4, 0.5) is 0 Å². The van der Waals surface area contributed by atoms with Crippen LogP contribution in [0.1, 0.15) is 45.4 Å². The summed E-state index contributed by atoms with van der Waals surface area (Å²) in [6.07, 6.45) is 6.91. The molecule has 3 heteroatoms. The molecule has 1 aliphatic carbocycles. The Labute approximate surface area is 98.4 Å². The van der Waals surface area contributed by atoms with Crippen molar-refractivity contribution in [2.45, 2.75) is 51.5 Å². The molecule has 0 bridgehead atoms. The van der Waals surface area contributed by atoms with E-state index in [4.69, 9.17) is 5.73 Å². The maximum atomic E-state index is 12.2. The third-order valence-electron chi connectivity index (χ3n) is 4.30. The summed E-state index contributed by atoms with van der Waals surface area (Å²) in [6.45, 7) is 3.95. The molecule has 1 atom stereocenters. The Hall–Kier alpha value is -0.570. The molecule has 0 aromatic heterocycles. The average molecular weight is 224 g/mol. The first-order valence-electron chi connectivity index (χ1n) is 6.73. The highest BCUT2D eigenvalue weighted by Gasteiger charge is 2.30. The number of rotatable bonds is 2. The Bertz CT molecular complexity index is 238. The molecule has 92 valence electrons. The SMILES string of the molecule is CC(N)C1CCN(C(=O)C2CCCC2)CC1. The standard InChI is InChI=1S/C13H24N2O/c1-10(14)11-6-8-15(9-7-11)13(16)12-4-2-3-5-12/h10-12H,2-9,14H2,1H3. The van der Waals surface area contributed by atoms with Gasteiger partial charge < -0.3 is 10.6 Å². The van der Waals surface area contributed by atoms with Crippen molar-refractivity contribution < 1.29 is 4.79 Å². The lowest BCUT2D eigenvalue weighted by atomic mass is 9.90. The quantitative estimate of drug-likeness (QED) is 0.777. The molecule has 2 aliphatic rings. The second-order valence-corrected chi connectivity index (χ2v) is 5.50. The van der Waals surface area contributed by atoms with Crippen molar-refractivity contribution >= 4 is 5.91 Å². The molecule has 0 aromatic carbocycles. The number of hydrogen-bond donors (Lipinski definition) is 1. The normalized spacial score (nSPS) is 26.0. The second-order valence-electron chi connectivity index (χ2n) is 5.50. The van der Waals surface area contributed by atoms with Gasteiger partial charge in [-0.25, -0.2) is 0 Å². The van der Waals surface area contributed by atoms with Gasteiger partial charge in [0, 0.05) is 25.0 Å². The molecule has 2 rings (SSSR count). The van der Waals surface area contributed by atoms with E-state index in [0.717, 1.165) is 38.8 Å². The molecule has 1 heterocycles. The Morgan fingerprint density at radius 2 is 1.75 bits per heavy atom. The van der Waals surface area contributed by atoms with Gasteiger partial charge in [-0.15, -0.1) is 0 Å². The first kappa shape index (κ1) is 11.9. The Morgan fingerprint density at radius 1 is 1.19 bits per heavy atom. The first-order valence-corrected chi connectivity index (χ1v) is 6.73. The van der Waals surface area contributed by atoms with Gasteiger partial charge in [-0.1, -0.05) is 12.8 Å². The minimum absolute atomic E-state index is 0.281. The average Bonchev–Trinajstić information content (AvgIpc) is 2.81. The molecule has 3 nitrogen and oxygen atoms in total. The summed E-state index contributed by atoms with van der Waals surface area (Å²) in [6, 6.07) is 0.281. The van der Waals surface area contributed by atoms with Gasteiger partial charge in [0.1, 0.15) is 0 Å². The van der Waals surface area contributed by atoms with E-state index in [1.807, 2.05) is 0 Å². The summed E-state index contributed by atoms with van der Waals surface area (Å²) < 4.78 is 0. The van der Waals surface area contributed by atoms with Crippen molar-refractivity contribution in [3.63, 3.8) is 0 Å². The lowest BCUT2D eigenvalue weighted by Gasteiger charge is -2.35. The predicted octanol–water partition coefficient (Wildman–Crippen LogP) is 1.76. The van der Waals surface area contributed by atoms with Crippen LogP contribution < -0.4 is 5.73 Å². The smallest absolute Gasteiger partial charge is 0.225 e. The van der Waals surface area contributed by atoms with Crippen LogP contribution in [-0.2, 0) is 4.79 Å². The summed E-state index contributed by atoms with van der Waals surface area (Å²) in [5, 5.41) is 0. The van der Waals surface area contributed by atoms with Gasteiger partial charge >= 0.3 is 0 Å². The fourth-order valence-electron chi connectivity index (χ4n) is 3.08. The number of likely N-dealkylation sites (tertiary alicyclic amines) is 1. The maximum absolute atomic E-state index is 12.2. The Kier molecular flexibility index (Phi) is 3.85. The molecule has 1 unspecified atom stereocenters. The van der Waals surface area contributed by atoms with E-state index in [1.54, 1.807) is 0 Å². The van der Waals surface area contributed by atoms with Crippen LogP contribution in [0, 0.1) is 11.8 Å². The fourth-order valence-corrected chi connectivity index (χ4v) is 3.08. The Morgan fingerprint density at radius 3 is 2.25 bits per heavy atom. The molecule has 1 aliphatic heterocycles. The fraction of sp³-hybridized carbons (Fsp3) is 0.923. The number of amides is 1. The molecule has 1 amide bonds. The van der Waals surface area contributed by atoms with Crippen LogP contribution in [0.5, 0.6) is 0 Å². The van der Waals surface area contributed by atoms with E-state index in [1.165, 1.54) is 12.8 Å². The van der Waals surface area contributed by atoms with Gasteiger partial charge in [-0.3, -0.25) is 4.79 Å². The zero-order valence-corrected chi connectivity index (χ0v) is 10.3. The molecular formula is C13H24N2O. The third kappa shape index (κ3) is 2.57. The van der Waals surface area contributed by atoms with Crippen molar-refractivity contribution in [2.75, 3.05) is 13.1 Å². The Balaban J connectivity index is 1.81. The molecule has 16 heavy (non-hydrogen) atoms. The van der Waals surface area contributed by atoms with Gasteiger partial charge in [0.2, 0.25) is 5.91 Å². The summed E-state index contributed by atoms with van der Waals surface area (Å²) in [5.74, 6) is 1.38. The highest BCUT2D eigenvalue weighted by atomic mass is 16.2. The molecule has 0 spiro atoms. The van der Waals surface area contributed by atoms with Crippen molar-refractivity contribution in [3.8, 4) is 0 Å². The van der Waals surface area contributed by atoms with Crippen LogP contribution >= 0.6 is 0 Å². The monoisotopic (exact) mass is 224 g/mol. The van der Waals surface area contributed by atoms with E-state index in [-0.39, 0.29) is 6.04 Å². The lowest BCUT2D eigenvalue weighted by Crippen LogP contribution is -2.44. The zero-order chi connectivity index (χ0) is 11.5. The summed E-state index contributed by atoms with van der Waals surface area (Å²) in [5.41, 5.74) is 5.91. The van der Waals surface area contributed by atoms with Crippen molar-refractivity contribution in [1.29, 1.82) is 0 Å². The van der Waals surface area contributed by atoms with Crippen LogP contribution in [0.25, 0.3) is 0 Å². The van der Waals surface area contributed by atoms with Gasteiger partial charge in [0.25, 0.3) is 0 Å². The number of carbonyl (C=O) groups is 1. The van der Waals surface area contributed by atoms with Gasteiger partial charge in [0.05, 0.1) is 0 Å². The van der Waals surface area contributed by atoms with Gasteiger partial charge in [-0.05, 0) is 38.5 Å². The largest absolute Gasteiger partial charge is 0.342 e. The topological polar surface area (TPSA) is 46.3 Å². The third-order valence-corrected chi connectivity index (χ3v) is 4.30. The molecular weight excluding hydrogens is 200 g/mol. The molecule has 2 fully saturated rings.